The summed E-state index contributed by atoms with van der Waals surface area (Å²) in [5.74, 6) is -0.487. The monoisotopic (exact) mass is 142 g/mol. The number of allylic oxidation sites excluding steroid dienone is 1. The second-order valence-corrected chi connectivity index (χ2v) is 2.11. The summed E-state index contributed by atoms with van der Waals surface area (Å²) in [6.45, 7) is 2.35. The van der Waals surface area contributed by atoms with E-state index in [1.54, 1.807) is 6.08 Å². The first-order chi connectivity index (χ1) is 4.72. The van der Waals surface area contributed by atoms with E-state index < -0.39 is 0 Å². The van der Waals surface area contributed by atoms with Gasteiger partial charge in [0.1, 0.15) is 0 Å². The van der Waals surface area contributed by atoms with Crippen LogP contribution in [0.2, 0.25) is 0 Å². The second kappa shape index (κ2) is 4.99. The van der Waals surface area contributed by atoms with Crippen molar-refractivity contribution in [1.29, 1.82) is 0 Å². The van der Waals surface area contributed by atoms with Crippen LogP contribution in [0.4, 0.5) is 0 Å². The van der Waals surface area contributed by atoms with Gasteiger partial charge in [0.2, 0.25) is 5.91 Å². The fourth-order valence-corrected chi connectivity index (χ4v) is 0.745. The van der Waals surface area contributed by atoms with Crippen LogP contribution in [0.3, 0.4) is 0 Å². The van der Waals surface area contributed by atoms with Crippen LogP contribution in [0, 0.1) is 5.92 Å². The molecular formula is C7H14N2O. The van der Waals surface area contributed by atoms with Crippen molar-refractivity contribution in [2.75, 3.05) is 6.54 Å². The molecule has 1 atom stereocenters. The van der Waals surface area contributed by atoms with Crippen LogP contribution in [0.15, 0.2) is 12.2 Å². The van der Waals surface area contributed by atoms with Crippen LogP contribution >= 0.6 is 0 Å². The Morgan fingerprint density at radius 3 is 2.60 bits per heavy atom. The molecule has 0 saturated heterocycles. The van der Waals surface area contributed by atoms with E-state index in [1.165, 1.54) is 0 Å². The summed E-state index contributed by atoms with van der Waals surface area (Å²) in [4.78, 5) is 10.6. The van der Waals surface area contributed by atoms with Crippen molar-refractivity contribution >= 4 is 5.91 Å². The Hall–Kier alpha value is -0.830. The predicted molar refractivity (Wildman–Crippen MR) is 41.2 cm³/mol. The molecule has 58 valence electrons. The van der Waals surface area contributed by atoms with Gasteiger partial charge in [0.15, 0.2) is 0 Å². The van der Waals surface area contributed by atoms with Gasteiger partial charge in [0.25, 0.3) is 0 Å². The number of carbonyl (C=O) groups is 1. The van der Waals surface area contributed by atoms with Gasteiger partial charge >= 0.3 is 0 Å². The normalized spacial score (nSPS) is 13.8. The molecule has 0 heterocycles. The van der Waals surface area contributed by atoms with E-state index in [4.69, 9.17) is 11.5 Å². The van der Waals surface area contributed by atoms with Gasteiger partial charge in [-0.15, -0.1) is 0 Å². The van der Waals surface area contributed by atoms with Gasteiger partial charge in [-0.25, -0.2) is 0 Å². The summed E-state index contributed by atoms with van der Waals surface area (Å²) in [5.41, 5.74) is 10.3. The number of carbonyl (C=O) groups excluding carboxylic acids is 1. The molecule has 0 aromatic rings. The predicted octanol–water partition coefficient (Wildman–Crippen LogP) is 0.0128. The maximum absolute atomic E-state index is 10.6. The SMILES string of the molecule is C/C=C\C(CCN)C(N)=O. The first-order valence-corrected chi connectivity index (χ1v) is 3.34. The molecule has 0 bridgehead atoms. The van der Waals surface area contributed by atoms with E-state index in [0.29, 0.717) is 13.0 Å². The van der Waals surface area contributed by atoms with Crippen molar-refractivity contribution in [2.24, 2.45) is 17.4 Å². The minimum absolute atomic E-state index is 0.185. The number of nitrogens with two attached hydrogens (primary N) is 2. The van der Waals surface area contributed by atoms with E-state index in [2.05, 4.69) is 0 Å². The summed E-state index contributed by atoms with van der Waals surface area (Å²) in [6.07, 6.45) is 4.22. The van der Waals surface area contributed by atoms with Gasteiger partial charge in [-0.1, -0.05) is 12.2 Å². The molecule has 0 aliphatic rings. The minimum Gasteiger partial charge on any atom is -0.369 e. The van der Waals surface area contributed by atoms with Crippen molar-refractivity contribution in [3.05, 3.63) is 12.2 Å². The van der Waals surface area contributed by atoms with Crippen molar-refractivity contribution in [1.82, 2.24) is 0 Å². The molecule has 0 radical (unpaired) electrons. The van der Waals surface area contributed by atoms with E-state index >= 15 is 0 Å². The lowest BCUT2D eigenvalue weighted by Crippen LogP contribution is -2.23. The summed E-state index contributed by atoms with van der Waals surface area (Å²) in [7, 11) is 0. The highest BCUT2D eigenvalue weighted by atomic mass is 16.1. The third-order valence-corrected chi connectivity index (χ3v) is 1.27. The first kappa shape index (κ1) is 9.17. The lowest BCUT2D eigenvalue weighted by Gasteiger charge is -2.04. The summed E-state index contributed by atoms with van der Waals surface area (Å²) < 4.78 is 0. The van der Waals surface area contributed by atoms with Crippen LogP contribution < -0.4 is 11.5 Å². The molecule has 1 amide bonds. The second-order valence-electron chi connectivity index (χ2n) is 2.11. The van der Waals surface area contributed by atoms with Crippen LogP contribution in [0.25, 0.3) is 0 Å². The van der Waals surface area contributed by atoms with Gasteiger partial charge in [0.05, 0.1) is 5.92 Å². The summed E-state index contributed by atoms with van der Waals surface area (Å²) in [6, 6.07) is 0. The van der Waals surface area contributed by atoms with Crippen molar-refractivity contribution in [2.45, 2.75) is 13.3 Å². The van der Waals surface area contributed by atoms with Gasteiger partial charge in [-0.3, -0.25) is 4.79 Å². The Morgan fingerprint density at radius 1 is 1.70 bits per heavy atom. The molecule has 1 unspecified atom stereocenters. The number of amides is 1. The zero-order valence-corrected chi connectivity index (χ0v) is 6.21. The van der Waals surface area contributed by atoms with Crippen molar-refractivity contribution < 1.29 is 4.79 Å². The zero-order valence-electron chi connectivity index (χ0n) is 6.21. The molecule has 0 aromatic carbocycles. The van der Waals surface area contributed by atoms with Gasteiger partial charge in [-0.05, 0) is 19.9 Å². The third kappa shape index (κ3) is 3.25. The average Bonchev–Trinajstić information content (AvgIpc) is 1.87. The van der Waals surface area contributed by atoms with Crippen molar-refractivity contribution in [3.8, 4) is 0 Å². The Balaban J connectivity index is 3.85. The van der Waals surface area contributed by atoms with Gasteiger partial charge in [-0.2, -0.15) is 0 Å². The molecule has 10 heavy (non-hydrogen) atoms. The fourth-order valence-electron chi connectivity index (χ4n) is 0.745. The first-order valence-electron chi connectivity index (χ1n) is 3.34. The highest BCUT2D eigenvalue weighted by Crippen LogP contribution is 2.01. The minimum atomic E-state index is -0.302. The highest BCUT2D eigenvalue weighted by Gasteiger charge is 2.08. The van der Waals surface area contributed by atoms with E-state index in [0.717, 1.165) is 0 Å². The Morgan fingerprint density at radius 2 is 2.30 bits per heavy atom. The third-order valence-electron chi connectivity index (χ3n) is 1.27. The number of primary amides is 1. The summed E-state index contributed by atoms with van der Waals surface area (Å²) >= 11 is 0. The Labute approximate surface area is 61.1 Å². The maximum atomic E-state index is 10.6. The van der Waals surface area contributed by atoms with Crippen molar-refractivity contribution in [3.63, 3.8) is 0 Å². The Kier molecular flexibility index (Phi) is 4.58. The molecule has 0 aromatic heterocycles. The Bertz CT molecular complexity index is 132. The maximum Gasteiger partial charge on any atom is 0.224 e. The van der Waals surface area contributed by atoms with Crippen LogP contribution in [0.5, 0.6) is 0 Å². The molecular weight excluding hydrogens is 128 g/mol. The number of hydrogen-bond acceptors (Lipinski definition) is 2. The quantitative estimate of drug-likeness (QED) is 0.543. The van der Waals surface area contributed by atoms with E-state index in [-0.39, 0.29) is 11.8 Å². The van der Waals surface area contributed by atoms with Crippen LogP contribution in [0.1, 0.15) is 13.3 Å². The standard InChI is InChI=1S/C7H14N2O/c1-2-3-6(4-5-8)7(9)10/h2-3,6H,4-5,8H2,1H3,(H2,9,10)/b3-2-. The lowest BCUT2D eigenvalue weighted by atomic mass is 10.1. The largest absolute Gasteiger partial charge is 0.369 e. The van der Waals surface area contributed by atoms with E-state index in [9.17, 15) is 4.79 Å². The molecule has 0 fully saturated rings. The smallest absolute Gasteiger partial charge is 0.224 e. The topological polar surface area (TPSA) is 69.1 Å². The molecule has 0 spiro atoms. The van der Waals surface area contributed by atoms with Gasteiger partial charge in [0, 0.05) is 0 Å². The van der Waals surface area contributed by atoms with Gasteiger partial charge < -0.3 is 11.5 Å². The molecule has 4 N–H and O–H groups in total. The lowest BCUT2D eigenvalue weighted by molar-refractivity contribution is -0.120. The summed E-state index contributed by atoms with van der Waals surface area (Å²) in [5, 5.41) is 0. The van der Waals surface area contributed by atoms with E-state index in [1.807, 2.05) is 13.0 Å². The molecule has 0 rings (SSSR count). The zero-order chi connectivity index (χ0) is 7.98. The van der Waals surface area contributed by atoms with Crippen LogP contribution in [-0.2, 0) is 4.79 Å². The molecule has 3 nitrogen and oxygen atoms in total. The number of rotatable bonds is 4. The molecule has 0 aliphatic heterocycles. The average molecular weight is 142 g/mol. The highest BCUT2D eigenvalue weighted by molar-refractivity contribution is 5.78. The number of hydrogen-bond donors (Lipinski definition) is 2. The molecule has 3 heteroatoms. The molecule has 0 saturated carbocycles. The fraction of sp³-hybridized carbons (Fsp3) is 0.571. The van der Waals surface area contributed by atoms with Crippen LogP contribution in [-0.4, -0.2) is 12.5 Å². The molecule has 0 aliphatic carbocycles.